The van der Waals surface area contributed by atoms with Gasteiger partial charge in [-0.2, -0.15) is 10.2 Å². The van der Waals surface area contributed by atoms with Crippen molar-refractivity contribution < 1.29 is 47.6 Å². The zero-order chi connectivity index (χ0) is 29.3. The molecule has 0 saturated carbocycles. The van der Waals surface area contributed by atoms with Crippen LogP contribution in [0.5, 0.6) is 23.0 Å². The molecule has 40 heavy (non-hydrogen) atoms. The molecule has 0 heterocycles. The first kappa shape index (κ1) is 31.1. The van der Waals surface area contributed by atoms with Gasteiger partial charge in [-0.3, -0.25) is 9.59 Å². The van der Waals surface area contributed by atoms with E-state index in [0.717, 1.165) is 0 Å². The molecule has 0 spiro atoms. The van der Waals surface area contributed by atoms with Gasteiger partial charge in [-0.1, -0.05) is 0 Å². The third kappa shape index (κ3) is 10.3. The van der Waals surface area contributed by atoms with Crippen LogP contribution in [0.2, 0.25) is 0 Å². The SMILES string of the molecule is CCOC(=O)COc1ccc(C=NNC(=O)C(=O)NN=Cc2ccc(OCC(=O)OCC)c(OC)c2)cc1OC. The Balaban J connectivity index is 1.88. The largest absolute Gasteiger partial charge is 0.493 e. The van der Waals surface area contributed by atoms with Gasteiger partial charge in [0.25, 0.3) is 0 Å². The average Bonchev–Trinajstić information content (AvgIpc) is 2.95. The van der Waals surface area contributed by atoms with E-state index in [-0.39, 0.29) is 26.4 Å². The Morgan fingerprint density at radius 2 is 1.07 bits per heavy atom. The van der Waals surface area contributed by atoms with Crippen LogP contribution >= 0.6 is 0 Å². The highest BCUT2D eigenvalue weighted by Gasteiger charge is 2.13. The number of nitrogens with one attached hydrogen (secondary N) is 2. The zero-order valence-electron chi connectivity index (χ0n) is 22.4. The molecule has 0 aliphatic carbocycles. The molecule has 14 heteroatoms. The first-order valence-corrected chi connectivity index (χ1v) is 11.9. The van der Waals surface area contributed by atoms with Crippen molar-refractivity contribution in [3.05, 3.63) is 47.5 Å². The van der Waals surface area contributed by atoms with Crippen LogP contribution in [0.4, 0.5) is 0 Å². The fourth-order valence-corrected chi connectivity index (χ4v) is 2.88. The van der Waals surface area contributed by atoms with Gasteiger partial charge >= 0.3 is 23.8 Å². The van der Waals surface area contributed by atoms with Crippen LogP contribution in [-0.4, -0.2) is 76.8 Å². The quantitative estimate of drug-likeness (QED) is 0.148. The summed E-state index contributed by atoms with van der Waals surface area (Å²) < 4.78 is 30.8. The van der Waals surface area contributed by atoms with E-state index < -0.39 is 23.8 Å². The molecular formula is C26H30N4O10. The van der Waals surface area contributed by atoms with Gasteiger partial charge in [-0.25, -0.2) is 20.4 Å². The summed E-state index contributed by atoms with van der Waals surface area (Å²) in [4.78, 5) is 46.9. The Hall–Kier alpha value is -5.14. The fourth-order valence-electron chi connectivity index (χ4n) is 2.88. The maximum absolute atomic E-state index is 12.0. The molecule has 0 unspecified atom stereocenters. The number of nitrogens with zero attached hydrogens (tertiary/aromatic N) is 2. The number of rotatable bonds is 14. The van der Waals surface area contributed by atoms with E-state index in [1.807, 2.05) is 0 Å². The number of hydrogen-bond donors (Lipinski definition) is 2. The third-order valence-electron chi connectivity index (χ3n) is 4.64. The molecule has 0 bridgehead atoms. The number of benzene rings is 2. The molecule has 2 aromatic rings. The highest BCUT2D eigenvalue weighted by atomic mass is 16.6. The van der Waals surface area contributed by atoms with Gasteiger partial charge in [0.2, 0.25) is 0 Å². The van der Waals surface area contributed by atoms with Crippen LogP contribution in [0.25, 0.3) is 0 Å². The Labute approximate surface area is 230 Å². The van der Waals surface area contributed by atoms with Crippen LogP contribution in [0.1, 0.15) is 25.0 Å². The van der Waals surface area contributed by atoms with E-state index in [1.54, 1.807) is 50.2 Å². The van der Waals surface area contributed by atoms with Crippen molar-refractivity contribution in [3.8, 4) is 23.0 Å². The number of methoxy groups -OCH3 is 2. The maximum Gasteiger partial charge on any atom is 0.344 e. The molecular weight excluding hydrogens is 528 g/mol. The van der Waals surface area contributed by atoms with E-state index in [9.17, 15) is 19.2 Å². The van der Waals surface area contributed by atoms with E-state index in [4.69, 9.17) is 28.4 Å². The Bertz CT molecular complexity index is 1150. The zero-order valence-corrected chi connectivity index (χ0v) is 22.4. The molecule has 2 rings (SSSR count). The monoisotopic (exact) mass is 558 g/mol. The molecule has 0 aromatic heterocycles. The van der Waals surface area contributed by atoms with Crippen molar-refractivity contribution >= 4 is 36.2 Å². The lowest BCUT2D eigenvalue weighted by atomic mass is 10.2. The summed E-state index contributed by atoms with van der Waals surface area (Å²) in [6.45, 7) is 3.30. The second-order valence-electron chi connectivity index (χ2n) is 7.41. The number of carbonyl (C=O) groups excluding carboxylic acids is 4. The van der Waals surface area contributed by atoms with Crippen LogP contribution in [0.15, 0.2) is 46.6 Å². The Morgan fingerprint density at radius 1 is 0.675 bits per heavy atom. The van der Waals surface area contributed by atoms with Gasteiger partial charge in [-0.15, -0.1) is 0 Å². The van der Waals surface area contributed by atoms with Gasteiger partial charge in [-0.05, 0) is 61.4 Å². The second kappa shape index (κ2) is 16.7. The van der Waals surface area contributed by atoms with Crippen molar-refractivity contribution in [1.82, 2.24) is 10.9 Å². The van der Waals surface area contributed by atoms with E-state index in [0.29, 0.717) is 34.1 Å². The molecule has 2 N–H and O–H groups in total. The summed E-state index contributed by atoms with van der Waals surface area (Å²) in [6.07, 6.45) is 2.56. The van der Waals surface area contributed by atoms with Crippen LogP contribution in [0, 0.1) is 0 Å². The van der Waals surface area contributed by atoms with E-state index in [2.05, 4.69) is 21.1 Å². The average molecular weight is 559 g/mol. The molecule has 2 amide bonds. The van der Waals surface area contributed by atoms with Crippen LogP contribution in [-0.2, 0) is 28.7 Å². The van der Waals surface area contributed by atoms with Crippen LogP contribution in [0.3, 0.4) is 0 Å². The summed E-state index contributed by atoms with van der Waals surface area (Å²) in [5, 5.41) is 7.47. The van der Waals surface area contributed by atoms with Crippen molar-refractivity contribution in [3.63, 3.8) is 0 Å². The molecule has 0 atom stereocenters. The second-order valence-corrected chi connectivity index (χ2v) is 7.41. The molecule has 0 aliphatic rings. The Morgan fingerprint density at radius 3 is 1.43 bits per heavy atom. The van der Waals surface area contributed by atoms with Gasteiger partial charge in [0.1, 0.15) is 0 Å². The normalized spacial score (nSPS) is 10.6. The highest BCUT2D eigenvalue weighted by molar-refractivity contribution is 6.35. The van der Waals surface area contributed by atoms with Crippen molar-refractivity contribution in [1.29, 1.82) is 0 Å². The first-order valence-electron chi connectivity index (χ1n) is 11.9. The van der Waals surface area contributed by atoms with Crippen molar-refractivity contribution in [2.75, 3.05) is 40.6 Å². The third-order valence-corrected chi connectivity index (χ3v) is 4.64. The molecule has 2 aromatic carbocycles. The summed E-state index contributed by atoms with van der Waals surface area (Å²) >= 11 is 0. The number of carbonyl (C=O) groups is 4. The van der Waals surface area contributed by atoms with E-state index >= 15 is 0 Å². The lowest BCUT2D eigenvalue weighted by Gasteiger charge is -2.10. The number of ether oxygens (including phenoxy) is 6. The molecule has 0 aliphatic heterocycles. The van der Waals surface area contributed by atoms with Gasteiger partial charge in [0.05, 0.1) is 39.9 Å². The summed E-state index contributed by atoms with van der Waals surface area (Å²) in [5.74, 6) is -1.89. The lowest BCUT2D eigenvalue weighted by Crippen LogP contribution is -2.35. The molecule has 14 nitrogen and oxygen atoms in total. The van der Waals surface area contributed by atoms with Crippen LogP contribution < -0.4 is 29.8 Å². The molecule has 0 saturated heterocycles. The number of hydrazone groups is 2. The van der Waals surface area contributed by atoms with Gasteiger partial charge in [0.15, 0.2) is 36.2 Å². The number of hydrogen-bond acceptors (Lipinski definition) is 12. The highest BCUT2D eigenvalue weighted by Crippen LogP contribution is 2.28. The minimum Gasteiger partial charge on any atom is -0.493 e. The molecule has 214 valence electrons. The lowest BCUT2D eigenvalue weighted by molar-refractivity contribution is -0.146. The van der Waals surface area contributed by atoms with Crippen molar-refractivity contribution in [2.45, 2.75) is 13.8 Å². The van der Waals surface area contributed by atoms with Gasteiger partial charge < -0.3 is 28.4 Å². The maximum atomic E-state index is 12.0. The minimum atomic E-state index is -1.06. The fraction of sp³-hybridized carbons (Fsp3) is 0.308. The summed E-state index contributed by atoms with van der Waals surface area (Å²) in [6, 6.07) is 9.42. The smallest absolute Gasteiger partial charge is 0.344 e. The molecule has 0 fully saturated rings. The summed E-state index contributed by atoms with van der Waals surface area (Å²) in [7, 11) is 2.84. The standard InChI is InChI=1S/C26H30N4O10/c1-5-37-23(31)15-39-19-9-7-17(11-21(19)35-3)13-27-29-25(33)26(34)30-28-14-18-8-10-20(22(12-18)36-4)40-16-24(32)38-6-2/h7-14H,5-6,15-16H2,1-4H3,(H,29,33)(H,30,34). The first-order chi connectivity index (χ1) is 19.3. The predicted octanol–water partition coefficient (Wildman–Crippen LogP) is 1.19. The minimum absolute atomic E-state index is 0.241. The summed E-state index contributed by atoms with van der Waals surface area (Å²) in [5.41, 5.74) is 5.19. The Kier molecular flexibility index (Phi) is 12.9. The predicted molar refractivity (Wildman–Crippen MR) is 142 cm³/mol. The number of amides is 2. The van der Waals surface area contributed by atoms with Gasteiger partial charge in [0, 0.05) is 0 Å². The van der Waals surface area contributed by atoms with Crippen molar-refractivity contribution in [2.24, 2.45) is 10.2 Å². The topological polar surface area (TPSA) is 172 Å². The number of esters is 2. The molecule has 0 radical (unpaired) electrons. The van der Waals surface area contributed by atoms with E-state index in [1.165, 1.54) is 26.6 Å².